The van der Waals surface area contributed by atoms with E-state index in [1.54, 1.807) is 50.4 Å². The van der Waals surface area contributed by atoms with E-state index in [0.29, 0.717) is 11.3 Å². The fraction of sp³-hybridized carbons (Fsp3) is 0.316. The average molecular weight is 392 g/mol. The predicted octanol–water partition coefficient (Wildman–Crippen LogP) is 1.79. The fourth-order valence-corrected chi connectivity index (χ4v) is 3.64. The molecular weight excluding hydrogens is 368 g/mol. The third-order valence-corrected chi connectivity index (χ3v) is 5.36. The van der Waals surface area contributed by atoms with Gasteiger partial charge in [0.25, 0.3) is 0 Å². The van der Waals surface area contributed by atoms with Gasteiger partial charge in [-0.3, -0.25) is 4.79 Å². The van der Waals surface area contributed by atoms with Gasteiger partial charge in [-0.25, -0.2) is 13.1 Å². The lowest BCUT2D eigenvalue weighted by atomic mass is 10.2. The van der Waals surface area contributed by atoms with Crippen LogP contribution in [0.2, 0.25) is 0 Å². The van der Waals surface area contributed by atoms with Gasteiger partial charge in [0.2, 0.25) is 15.9 Å². The van der Waals surface area contributed by atoms with Crippen LogP contribution in [0.4, 0.5) is 0 Å². The zero-order valence-corrected chi connectivity index (χ0v) is 16.4. The lowest BCUT2D eigenvalue weighted by Gasteiger charge is -2.11. The minimum atomic E-state index is -3.74. The van der Waals surface area contributed by atoms with E-state index in [9.17, 15) is 13.2 Å². The van der Waals surface area contributed by atoms with Gasteiger partial charge < -0.3 is 14.8 Å². The quantitative estimate of drug-likeness (QED) is 0.635. The third kappa shape index (κ3) is 6.26. The Morgan fingerprint density at radius 2 is 1.70 bits per heavy atom. The molecular formula is C19H24N2O5S. The summed E-state index contributed by atoms with van der Waals surface area (Å²) in [4.78, 5) is 12.0. The van der Waals surface area contributed by atoms with E-state index in [4.69, 9.17) is 9.47 Å². The number of methoxy groups -OCH3 is 1. The van der Waals surface area contributed by atoms with Crippen LogP contribution in [0.15, 0.2) is 47.4 Å². The number of rotatable bonds is 9. The van der Waals surface area contributed by atoms with E-state index < -0.39 is 15.9 Å². The van der Waals surface area contributed by atoms with E-state index in [-0.39, 0.29) is 24.6 Å². The van der Waals surface area contributed by atoms with Crippen LogP contribution in [-0.4, -0.2) is 41.1 Å². The maximum absolute atomic E-state index is 12.3. The van der Waals surface area contributed by atoms with Gasteiger partial charge in [0.1, 0.15) is 18.1 Å². The highest BCUT2D eigenvalue weighted by Crippen LogP contribution is 2.17. The number of hydrogen-bond donors (Lipinski definition) is 2. The topological polar surface area (TPSA) is 93.7 Å². The first-order valence-electron chi connectivity index (χ1n) is 8.42. The Hall–Kier alpha value is -2.58. The van der Waals surface area contributed by atoms with Crippen molar-refractivity contribution in [1.82, 2.24) is 10.0 Å². The minimum Gasteiger partial charge on any atom is -0.497 e. The van der Waals surface area contributed by atoms with Crippen molar-refractivity contribution in [1.29, 1.82) is 0 Å². The summed E-state index contributed by atoms with van der Waals surface area (Å²) in [6.45, 7) is 3.80. The maximum Gasteiger partial charge on any atom is 0.241 e. The molecule has 0 fully saturated rings. The standard InChI is InChI=1S/C19H24N2O5S/c1-14-4-9-18(15(2)12-14)27(23,24)21-13-19(22)20-10-11-26-17-7-5-16(25-3)6-8-17/h4-9,12,21H,10-11,13H2,1-3H3,(H,20,22). The first kappa shape index (κ1) is 20.7. The van der Waals surface area contributed by atoms with Crippen LogP contribution in [0, 0.1) is 13.8 Å². The molecule has 0 spiro atoms. The maximum atomic E-state index is 12.3. The first-order valence-corrected chi connectivity index (χ1v) is 9.90. The number of nitrogens with one attached hydrogen (secondary N) is 2. The van der Waals surface area contributed by atoms with E-state index in [1.165, 1.54) is 6.07 Å². The van der Waals surface area contributed by atoms with Crippen LogP contribution in [-0.2, 0) is 14.8 Å². The summed E-state index contributed by atoms with van der Waals surface area (Å²) >= 11 is 0. The average Bonchev–Trinajstić information content (AvgIpc) is 2.64. The lowest BCUT2D eigenvalue weighted by molar-refractivity contribution is -0.120. The molecule has 0 heterocycles. The van der Waals surface area contributed by atoms with E-state index >= 15 is 0 Å². The molecule has 146 valence electrons. The van der Waals surface area contributed by atoms with Crippen LogP contribution >= 0.6 is 0 Å². The Labute approximate surface area is 159 Å². The summed E-state index contributed by atoms with van der Waals surface area (Å²) in [6, 6.07) is 12.1. The molecule has 0 aromatic heterocycles. The molecule has 2 aromatic rings. The number of amides is 1. The number of carbonyl (C=O) groups excluding carboxylic acids is 1. The molecule has 0 saturated carbocycles. The Balaban J connectivity index is 1.75. The summed E-state index contributed by atoms with van der Waals surface area (Å²) in [5.41, 5.74) is 1.61. The van der Waals surface area contributed by atoms with Gasteiger partial charge in [-0.1, -0.05) is 17.7 Å². The summed E-state index contributed by atoms with van der Waals surface area (Å²) in [6.07, 6.45) is 0. The number of benzene rings is 2. The van der Waals surface area contributed by atoms with Crippen molar-refractivity contribution in [2.24, 2.45) is 0 Å². The molecule has 8 heteroatoms. The molecule has 0 aliphatic heterocycles. The zero-order chi connectivity index (χ0) is 19.9. The zero-order valence-electron chi connectivity index (χ0n) is 15.6. The second-order valence-corrected chi connectivity index (χ2v) is 7.70. The smallest absolute Gasteiger partial charge is 0.241 e. The van der Waals surface area contributed by atoms with Crippen molar-refractivity contribution < 1.29 is 22.7 Å². The van der Waals surface area contributed by atoms with E-state index in [2.05, 4.69) is 10.0 Å². The Bertz CT molecular complexity index is 879. The van der Waals surface area contributed by atoms with Crippen LogP contribution in [0.1, 0.15) is 11.1 Å². The highest BCUT2D eigenvalue weighted by molar-refractivity contribution is 7.89. The molecule has 0 atom stereocenters. The summed E-state index contributed by atoms with van der Waals surface area (Å²) < 4.78 is 37.5. The van der Waals surface area contributed by atoms with Crippen LogP contribution in [0.25, 0.3) is 0 Å². The molecule has 27 heavy (non-hydrogen) atoms. The highest BCUT2D eigenvalue weighted by atomic mass is 32.2. The molecule has 2 aromatic carbocycles. The summed E-state index contributed by atoms with van der Waals surface area (Å²) in [7, 11) is -2.15. The van der Waals surface area contributed by atoms with Gasteiger partial charge >= 0.3 is 0 Å². The number of aryl methyl sites for hydroxylation is 2. The molecule has 0 aliphatic carbocycles. The molecule has 2 N–H and O–H groups in total. The van der Waals surface area contributed by atoms with Crippen molar-refractivity contribution in [3.63, 3.8) is 0 Å². The fourth-order valence-electron chi connectivity index (χ4n) is 2.43. The number of sulfonamides is 1. The van der Waals surface area contributed by atoms with Crippen LogP contribution in [0.3, 0.4) is 0 Å². The lowest BCUT2D eigenvalue weighted by Crippen LogP contribution is -2.38. The Morgan fingerprint density at radius 1 is 1.04 bits per heavy atom. The highest BCUT2D eigenvalue weighted by Gasteiger charge is 2.17. The number of ether oxygens (including phenoxy) is 2. The molecule has 2 rings (SSSR count). The molecule has 0 bridgehead atoms. The first-order chi connectivity index (χ1) is 12.8. The molecule has 0 unspecified atom stereocenters. The van der Waals surface area contributed by atoms with Crippen LogP contribution < -0.4 is 19.5 Å². The van der Waals surface area contributed by atoms with Crippen LogP contribution in [0.5, 0.6) is 11.5 Å². The predicted molar refractivity (Wildman–Crippen MR) is 103 cm³/mol. The van der Waals surface area contributed by atoms with Crippen molar-refractivity contribution >= 4 is 15.9 Å². The van der Waals surface area contributed by atoms with Gasteiger partial charge in [0.15, 0.2) is 0 Å². The SMILES string of the molecule is COc1ccc(OCCNC(=O)CNS(=O)(=O)c2ccc(C)cc2C)cc1. The Kier molecular flexibility index (Phi) is 7.20. The second-order valence-electron chi connectivity index (χ2n) is 5.97. The summed E-state index contributed by atoms with van der Waals surface area (Å²) in [5, 5.41) is 2.61. The number of hydrogen-bond acceptors (Lipinski definition) is 5. The van der Waals surface area contributed by atoms with Gasteiger partial charge in [-0.2, -0.15) is 0 Å². The minimum absolute atomic E-state index is 0.170. The molecule has 0 saturated heterocycles. The van der Waals surface area contributed by atoms with Gasteiger partial charge in [-0.15, -0.1) is 0 Å². The molecule has 0 aliphatic rings. The third-order valence-electron chi connectivity index (χ3n) is 3.80. The number of carbonyl (C=O) groups is 1. The van der Waals surface area contributed by atoms with E-state index in [0.717, 1.165) is 11.3 Å². The van der Waals surface area contributed by atoms with Gasteiger partial charge in [0, 0.05) is 0 Å². The van der Waals surface area contributed by atoms with Crippen molar-refractivity contribution in [2.75, 3.05) is 26.8 Å². The second kappa shape index (κ2) is 9.38. The normalized spacial score (nSPS) is 11.1. The monoisotopic (exact) mass is 392 g/mol. The van der Waals surface area contributed by atoms with Gasteiger partial charge in [-0.05, 0) is 49.7 Å². The molecule has 7 nitrogen and oxygen atoms in total. The van der Waals surface area contributed by atoms with E-state index in [1.807, 2.05) is 6.92 Å². The largest absolute Gasteiger partial charge is 0.497 e. The Morgan fingerprint density at radius 3 is 2.33 bits per heavy atom. The van der Waals surface area contributed by atoms with Crippen molar-refractivity contribution in [3.8, 4) is 11.5 Å². The van der Waals surface area contributed by atoms with Crippen molar-refractivity contribution in [3.05, 3.63) is 53.6 Å². The molecule has 0 radical (unpaired) electrons. The van der Waals surface area contributed by atoms with Crippen molar-refractivity contribution in [2.45, 2.75) is 18.7 Å². The molecule has 1 amide bonds. The van der Waals surface area contributed by atoms with Gasteiger partial charge in [0.05, 0.1) is 25.1 Å². The summed E-state index contributed by atoms with van der Waals surface area (Å²) in [5.74, 6) is 0.953.